The number of amides is 6. The summed E-state index contributed by atoms with van der Waals surface area (Å²) in [5.41, 5.74) is 0.223. The molecule has 6 amide bonds. The first-order chi connectivity index (χ1) is 18.8. The van der Waals surface area contributed by atoms with E-state index in [-0.39, 0.29) is 36.7 Å². The first-order valence-corrected chi connectivity index (χ1v) is 14.7. The van der Waals surface area contributed by atoms with Crippen molar-refractivity contribution in [2.45, 2.75) is 24.4 Å². The van der Waals surface area contributed by atoms with Crippen molar-refractivity contribution in [3.05, 3.63) is 47.2 Å². The Hall–Kier alpha value is -4.12. The summed E-state index contributed by atoms with van der Waals surface area (Å²) in [6.45, 7) is 0.405. The lowest BCUT2D eigenvalue weighted by Crippen LogP contribution is -2.71. The van der Waals surface area contributed by atoms with Crippen molar-refractivity contribution in [2.24, 2.45) is 0 Å². The molecule has 1 aromatic rings. The van der Waals surface area contributed by atoms with Gasteiger partial charge < -0.3 is 20.5 Å². The number of esters is 1. The molecule has 17 heteroatoms. The predicted octanol–water partition coefficient (Wildman–Crippen LogP) is -0.564. The zero-order valence-electron chi connectivity index (χ0n) is 21.2. The van der Waals surface area contributed by atoms with Crippen LogP contribution in [0.15, 0.2) is 41.6 Å². The molecule has 4 rings (SSSR count). The SMILES string of the molecule is CC(=O)OCC1=C(C(=O)O)N2C(=O)C(NC(=O)[C@H](NC(=O)N3CCN(S(C)(=O)=O)C3=O)c3ccccc3)[C@H]2SC1. The highest BCUT2D eigenvalue weighted by atomic mass is 32.2. The van der Waals surface area contributed by atoms with Gasteiger partial charge in [-0.25, -0.2) is 32.0 Å². The quantitative estimate of drug-likeness (QED) is 0.257. The summed E-state index contributed by atoms with van der Waals surface area (Å²) < 4.78 is 29.1. The van der Waals surface area contributed by atoms with Crippen LogP contribution in [-0.2, 0) is 33.9 Å². The Kier molecular flexibility index (Phi) is 8.06. The lowest BCUT2D eigenvalue weighted by atomic mass is 10.0. The van der Waals surface area contributed by atoms with Crippen molar-refractivity contribution in [3.63, 3.8) is 0 Å². The van der Waals surface area contributed by atoms with Gasteiger partial charge >= 0.3 is 24.0 Å². The van der Waals surface area contributed by atoms with Gasteiger partial charge in [-0.2, -0.15) is 0 Å². The minimum absolute atomic E-state index is 0.127. The summed E-state index contributed by atoms with van der Waals surface area (Å²) in [4.78, 5) is 76.6. The zero-order chi connectivity index (χ0) is 29.4. The third-order valence-corrected chi connectivity index (χ3v) is 8.76. The van der Waals surface area contributed by atoms with E-state index in [1.54, 1.807) is 18.2 Å². The molecule has 1 unspecified atom stereocenters. The highest BCUT2D eigenvalue weighted by molar-refractivity contribution is 8.00. The lowest BCUT2D eigenvalue weighted by Gasteiger charge is -2.49. The number of urea groups is 2. The number of benzene rings is 1. The molecule has 0 radical (unpaired) electrons. The van der Waals surface area contributed by atoms with Gasteiger partial charge in [-0.15, -0.1) is 11.8 Å². The standard InChI is InChI=1S/C23H25N5O10S2/c1-12(29)38-10-14-11-39-20-16(19(31)28(20)17(14)21(32)33)24-18(30)15(13-6-4-3-5-7-13)25-22(34)26-8-9-27(23(26)35)40(2,36)37/h3-7,15-16,20H,8-11H2,1-2H3,(H,24,30)(H,25,34)(H,32,33)/t15-,16?,20-/m1/s1. The van der Waals surface area contributed by atoms with Crippen LogP contribution in [0.5, 0.6) is 0 Å². The van der Waals surface area contributed by atoms with Gasteiger partial charge in [0.15, 0.2) is 0 Å². The summed E-state index contributed by atoms with van der Waals surface area (Å²) >= 11 is 1.17. The number of imide groups is 1. The number of ether oxygens (including phenoxy) is 1. The largest absolute Gasteiger partial charge is 0.477 e. The molecule has 3 aliphatic heterocycles. The Morgan fingerprint density at radius 1 is 1.15 bits per heavy atom. The molecule has 214 valence electrons. The van der Waals surface area contributed by atoms with Crippen LogP contribution in [0.4, 0.5) is 9.59 Å². The molecule has 2 saturated heterocycles. The van der Waals surface area contributed by atoms with Crippen molar-refractivity contribution < 1.29 is 47.0 Å². The van der Waals surface area contributed by atoms with Crippen LogP contribution in [0.25, 0.3) is 0 Å². The Balaban J connectivity index is 1.51. The lowest BCUT2D eigenvalue weighted by molar-refractivity contribution is -0.151. The molecule has 2 fully saturated rings. The van der Waals surface area contributed by atoms with Crippen LogP contribution in [0.1, 0.15) is 18.5 Å². The molecular weight excluding hydrogens is 570 g/mol. The number of hydrogen-bond donors (Lipinski definition) is 3. The zero-order valence-corrected chi connectivity index (χ0v) is 22.9. The van der Waals surface area contributed by atoms with E-state index in [0.717, 1.165) is 11.2 Å². The molecule has 15 nitrogen and oxygen atoms in total. The number of fused-ring (bicyclic) bond motifs is 1. The Morgan fingerprint density at radius 2 is 1.82 bits per heavy atom. The third kappa shape index (κ3) is 5.60. The van der Waals surface area contributed by atoms with E-state index < -0.39 is 63.3 Å². The second-order valence-electron chi connectivity index (χ2n) is 9.00. The summed E-state index contributed by atoms with van der Waals surface area (Å²) in [6, 6.07) is 3.39. The third-order valence-electron chi connectivity index (χ3n) is 6.28. The van der Waals surface area contributed by atoms with Gasteiger partial charge in [-0.3, -0.25) is 19.3 Å². The fourth-order valence-electron chi connectivity index (χ4n) is 4.38. The van der Waals surface area contributed by atoms with Gasteiger partial charge in [-0.05, 0) is 5.56 Å². The van der Waals surface area contributed by atoms with Crippen molar-refractivity contribution in [2.75, 3.05) is 31.7 Å². The molecule has 3 atom stereocenters. The first kappa shape index (κ1) is 28.9. The van der Waals surface area contributed by atoms with Crippen molar-refractivity contribution >= 4 is 57.6 Å². The van der Waals surface area contributed by atoms with Crippen molar-refractivity contribution in [3.8, 4) is 0 Å². The van der Waals surface area contributed by atoms with Gasteiger partial charge in [0.05, 0.1) is 19.3 Å². The van der Waals surface area contributed by atoms with E-state index in [4.69, 9.17) is 4.74 Å². The second kappa shape index (κ2) is 11.2. The average molecular weight is 596 g/mol. The minimum atomic E-state index is -3.90. The number of carbonyl (C=O) groups is 6. The number of carboxylic acid groups (broad SMARTS) is 1. The van der Waals surface area contributed by atoms with E-state index in [0.29, 0.717) is 14.8 Å². The molecule has 0 saturated carbocycles. The number of sulfonamides is 1. The maximum atomic E-state index is 13.4. The summed E-state index contributed by atoms with van der Waals surface area (Å²) in [5, 5.41) is 13.9. The van der Waals surface area contributed by atoms with Crippen LogP contribution < -0.4 is 10.6 Å². The van der Waals surface area contributed by atoms with Crippen LogP contribution >= 0.6 is 11.8 Å². The number of nitrogens with one attached hydrogen (secondary N) is 2. The topological polar surface area (TPSA) is 200 Å². The van der Waals surface area contributed by atoms with Crippen LogP contribution in [0, 0.1) is 0 Å². The van der Waals surface area contributed by atoms with Crippen LogP contribution in [0.2, 0.25) is 0 Å². The fraction of sp³-hybridized carbons (Fsp3) is 0.391. The summed E-state index contributed by atoms with van der Waals surface area (Å²) in [6.07, 6.45) is 0.832. The molecular formula is C23H25N5O10S2. The number of hydrogen-bond acceptors (Lipinski definition) is 10. The molecule has 0 aromatic heterocycles. The number of aliphatic carboxylic acids is 1. The van der Waals surface area contributed by atoms with Gasteiger partial charge in [-0.1, -0.05) is 30.3 Å². The summed E-state index contributed by atoms with van der Waals surface area (Å²) in [5.74, 6) is -3.39. The summed E-state index contributed by atoms with van der Waals surface area (Å²) in [7, 11) is -3.90. The number of nitrogens with zero attached hydrogens (tertiary/aromatic N) is 3. The van der Waals surface area contributed by atoms with E-state index in [1.807, 2.05) is 0 Å². The van der Waals surface area contributed by atoms with Crippen LogP contribution in [-0.4, -0.2) is 107 Å². The monoisotopic (exact) mass is 595 g/mol. The molecule has 0 spiro atoms. The molecule has 3 aliphatic rings. The number of rotatable bonds is 8. The van der Waals surface area contributed by atoms with E-state index >= 15 is 0 Å². The number of carbonyl (C=O) groups excluding carboxylic acids is 5. The van der Waals surface area contributed by atoms with Gasteiger partial charge in [0.1, 0.15) is 29.8 Å². The van der Waals surface area contributed by atoms with Crippen molar-refractivity contribution in [1.82, 2.24) is 24.7 Å². The number of thioether (sulfide) groups is 1. The first-order valence-electron chi connectivity index (χ1n) is 11.8. The molecule has 0 aliphatic carbocycles. The Labute approximate surface area is 232 Å². The molecule has 3 heterocycles. The van der Waals surface area contributed by atoms with Gasteiger partial charge in [0, 0.05) is 18.2 Å². The molecule has 3 N–H and O–H groups in total. The van der Waals surface area contributed by atoms with Crippen molar-refractivity contribution in [1.29, 1.82) is 0 Å². The maximum Gasteiger partial charge on any atom is 0.352 e. The van der Waals surface area contributed by atoms with Gasteiger partial charge in [0.25, 0.3) is 5.91 Å². The minimum Gasteiger partial charge on any atom is -0.477 e. The smallest absolute Gasteiger partial charge is 0.352 e. The Morgan fingerprint density at radius 3 is 2.40 bits per heavy atom. The van der Waals surface area contributed by atoms with E-state index in [2.05, 4.69) is 10.6 Å². The molecule has 0 bridgehead atoms. The van der Waals surface area contributed by atoms with E-state index in [1.165, 1.54) is 30.8 Å². The highest BCUT2D eigenvalue weighted by Crippen LogP contribution is 2.40. The molecule has 1 aromatic carbocycles. The molecule has 40 heavy (non-hydrogen) atoms. The maximum absolute atomic E-state index is 13.4. The fourth-order valence-corrected chi connectivity index (χ4v) is 6.50. The normalized spacial score (nSPS) is 21.4. The predicted molar refractivity (Wildman–Crippen MR) is 138 cm³/mol. The Bertz CT molecular complexity index is 1410. The second-order valence-corrected chi connectivity index (χ2v) is 12.0. The van der Waals surface area contributed by atoms with E-state index in [9.17, 15) is 42.3 Å². The average Bonchev–Trinajstić information content (AvgIpc) is 3.30. The van der Waals surface area contributed by atoms with Crippen LogP contribution in [0.3, 0.4) is 0 Å². The number of carboxylic acids is 1. The van der Waals surface area contributed by atoms with Gasteiger partial charge in [0.2, 0.25) is 15.9 Å². The number of β-lactam (4-membered cyclic amide) rings is 1. The highest BCUT2D eigenvalue weighted by Gasteiger charge is 2.54.